The second-order valence-corrected chi connectivity index (χ2v) is 7.45. The van der Waals surface area contributed by atoms with Gasteiger partial charge in [-0.25, -0.2) is 9.18 Å². The topological polar surface area (TPSA) is 77.2 Å². The number of aromatic nitrogens is 1. The molecule has 1 aromatic heterocycles. The average Bonchev–Trinajstić information content (AvgIpc) is 2.61. The summed E-state index contributed by atoms with van der Waals surface area (Å²) in [5.41, 5.74) is 8.13. The van der Waals surface area contributed by atoms with Gasteiger partial charge in [0.05, 0.1) is 40.1 Å². The summed E-state index contributed by atoms with van der Waals surface area (Å²) in [4.78, 5) is 16.4. The molecule has 0 spiro atoms. The highest BCUT2D eigenvalue weighted by Crippen LogP contribution is 2.35. The van der Waals surface area contributed by atoms with Gasteiger partial charge in [0.15, 0.2) is 0 Å². The number of ether oxygens (including phenoxy) is 1. The molecule has 0 aliphatic carbocycles. The van der Waals surface area contributed by atoms with E-state index in [4.69, 9.17) is 10.5 Å². The van der Waals surface area contributed by atoms with Crippen LogP contribution in [0, 0.1) is 9.39 Å². The summed E-state index contributed by atoms with van der Waals surface area (Å²) in [5, 5.41) is 3.47. The minimum atomic E-state index is -0.519. The molecule has 0 fully saturated rings. The lowest BCUT2D eigenvalue weighted by Crippen LogP contribution is -2.10. The van der Waals surface area contributed by atoms with Crippen molar-refractivity contribution in [1.29, 1.82) is 0 Å². The van der Waals surface area contributed by atoms with Crippen molar-refractivity contribution in [2.45, 2.75) is 6.92 Å². The minimum absolute atomic E-state index is 0.225. The van der Waals surface area contributed by atoms with Crippen molar-refractivity contribution in [3.05, 3.63) is 56.0 Å². The van der Waals surface area contributed by atoms with Gasteiger partial charge in [-0.05, 0) is 59.8 Å². The van der Waals surface area contributed by atoms with Gasteiger partial charge in [0.1, 0.15) is 5.82 Å². The Balaban J connectivity index is 2.12. The molecule has 0 unspecified atom stereocenters. The van der Waals surface area contributed by atoms with Gasteiger partial charge in [-0.3, -0.25) is 4.98 Å². The Bertz CT molecular complexity index is 1010. The van der Waals surface area contributed by atoms with E-state index < -0.39 is 11.8 Å². The van der Waals surface area contributed by atoms with E-state index in [-0.39, 0.29) is 17.9 Å². The SMILES string of the molecule is CCOC(=O)c1cc(Br)cc(Nc2ccnc3c(I)ccc(F)c23)c1N. The maximum atomic E-state index is 14.4. The Morgan fingerprint density at radius 1 is 1.35 bits per heavy atom. The van der Waals surface area contributed by atoms with Crippen LogP contribution in [0.2, 0.25) is 0 Å². The van der Waals surface area contributed by atoms with Crippen molar-refractivity contribution in [1.82, 2.24) is 4.98 Å². The average molecular weight is 530 g/mol. The standard InChI is InChI=1S/C18H14BrFIN3O2/c1-2-26-18(25)10-7-9(19)8-14(16(10)22)24-13-5-6-23-17-12(21)4-3-11(20)15(13)17/h3-8H,2,22H2,1H3,(H,23,24). The summed E-state index contributed by atoms with van der Waals surface area (Å²) < 4.78 is 20.9. The van der Waals surface area contributed by atoms with Gasteiger partial charge in [-0.1, -0.05) is 15.9 Å². The number of hydrogen-bond acceptors (Lipinski definition) is 5. The highest BCUT2D eigenvalue weighted by molar-refractivity contribution is 14.1. The molecular weight excluding hydrogens is 516 g/mol. The van der Waals surface area contributed by atoms with Crippen LogP contribution >= 0.6 is 38.5 Å². The molecular formula is C18H14BrFIN3O2. The molecule has 1 heterocycles. The highest BCUT2D eigenvalue weighted by atomic mass is 127. The van der Waals surface area contributed by atoms with Crippen LogP contribution in [0.5, 0.6) is 0 Å². The number of nitrogens with two attached hydrogens (primary N) is 1. The zero-order valence-electron chi connectivity index (χ0n) is 13.6. The third kappa shape index (κ3) is 3.61. The maximum absolute atomic E-state index is 14.4. The predicted molar refractivity (Wildman–Crippen MR) is 112 cm³/mol. The van der Waals surface area contributed by atoms with Crippen molar-refractivity contribution in [2.24, 2.45) is 0 Å². The van der Waals surface area contributed by atoms with Gasteiger partial charge < -0.3 is 15.8 Å². The number of pyridine rings is 1. The number of hydrogen-bond donors (Lipinski definition) is 2. The Hall–Kier alpha value is -1.94. The first-order valence-corrected chi connectivity index (χ1v) is 9.55. The smallest absolute Gasteiger partial charge is 0.340 e. The Kier molecular flexibility index (Phi) is 5.61. The molecule has 0 radical (unpaired) electrons. The van der Waals surface area contributed by atoms with E-state index in [2.05, 4.69) is 48.8 Å². The monoisotopic (exact) mass is 529 g/mol. The summed E-state index contributed by atoms with van der Waals surface area (Å²) in [5.74, 6) is -0.912. The normalized spacial score (nSPS) is 10.8. The highest BCUT2D eigenvalue weighted by Gasteiger charge is 2.17. The fourth-order valence-electron chi connectivity index (χ4n) is 2.54. The predicted octanol–water partition coefficient (Wildman–Crippen LogP) is 5.24. The lowest BCUT2D eigenvalue weighted by atomic mass is 10.1. The Morgan fingerprint density at radius 3 is 2.85 bits per heavy atom. The van der Waals surface area contributed by atoms with E-state index in [9.17, 15) is 9.18 Å². The van der Waals surface area contributed by atoms with Crippen LogP contribution < -0.4 is 11.1 Å². The molecule has 0 bridgehead atoms. The van der Waals surface area contributed by atoms with E-state index in [1.165, 1.54) is 6.07 Å². The maximum Gasteiger partial charge on any atom is 0.340 e. The van der Waals surface area contributed by atoms with Crippen molar-refractivity contribution < 1.29 is 13.9 Å². The molecule has 134 valence electrons. The minimum Gasteiger partial charge on any atom is -0.462 e. The zero-order valence-corrected chi connectivity index (χ0v) is 17.4. The lowest BCUT2D eigenvalue weighted by molar-refractivity contribution is 0.0527. The molecule has 3 aromatic rings. The van der Waals surface area contributed by atoms with E-state index in [0.717, 1.165) is 3.57 Å². The first-order chi connectivity index (χ1) is 12.4. The number of nitrogens with zero attached hydrogens (tertiary/aromatic N) is 1. The number of nitrogens with one attached hydrogen (secondary N) is 1. The number of halogens is 3. The number of nitrogen functional groups attached to an aromatic ring is 1. The van der Waals surface area contributed by atoms with Gasteiger partial charge in [-0.2, -0.15) is 0 Å². The zero-order chi connectivity index (χ0) is 18.8. The first-order valence-electron chi connectivity index (χ1n) is 7.68. The van der Waals surface area contributed by atoms with Crippen molar-refractivity contribution in [3.63, 3.8) is 0 Å². The largest absolute Gasteiger partial charge is 0.462 e. The third-order valence-corrected chi connectivity index (χ3v) is 5.03. The van der Waals surface area contributed by atoms with Crippen molar-refractivity contribution in [2.75, 3.05) is 17.7 Å². The summed E-state index contributed by atoms with van der Waals surface area (Å²) in [6, 6.07) is 8.03. The molecule has 0 saturated heterocycles. The summed E-state index contributed by atoms with van der Waals surface area (Å²) in [6.07, 6.45) is 1.59. The Labute approximate surface area is 171 Å². The molecule has 0 aliphatic rings. The van der Waals surface area contributed by atoms with E-state index in [0.29, 0.717) is 26.8 Å². The number of carbonyl (C=O) groups excluding carboxylic acids is 1. The molecule has 0 saturated carbocycles. The van der Waals surface area contributed by atoms with Crippen LogP contribution in [0.15, 0.2) is 41.0 Å². The van der Waals surface area contributed by atoms with Crippen molar-refractivity contribution in [3.8, 4) is 0 Å². The first kappa shape index (κ1) is 18.8. The molecule has 26 heavy (non-hydrogen) atoms. The summed E-state index contributed by atoms with van der Waals surface area (Å²) in [6.45, 7) is 1.96. The van der Waals surface area contributed by atoms with E-state index >= 15 is 0 Å². The number of anilines is 3. The second-order valence-electron chi connectivity index (χ2n) is 5.37. The van der Waals surface area contributed by atoms with E-state index in [1.54, 1.807) is 37.4 Å². The fraction of sp³-hybridized carbons (Fsp3) is 0.111. The molecule has 0 atom stereocenters. The van der Waals surface area contributed by atoms with Crippen LogP contribution in [0.4, 0.5) is 21.5 Å². The quantitative estimate of drug-likeness (QED) is 0.274. The molecule has 2 aromatic carbocycles. The molecule has 0 amide bonds. The van der Waals surface area contributed by atoms with Crippen molar-refractivity contribution >= 4 is 72.5 Å². The molecule has 0 aliphatic heterocycles. The van der Waals surface area contributed by atoms with Crippen LogP contribution in [-0.2, 0) is 4.74 Å². The number of carbonyl (C=O) groups is 1. The van der Waals surface area contributed by atoms with Gasteiger partial charge in [0, 0.05) is 14.2 Å². The number of benzene rings is 2. The number of fused-ring (bicyclic) bond motifs is 1. The molecule has 8 heteroatoms. The number of rotatable bonds is 4. The van der Waals surface area contributed by atoms with Crippen LogP contribution in [0.3, 0.4) is 0 Å². The summed E-state index contributed by atoms with van der Waals surface area (Å²) >= 11 is 5.47. The lowest BCUT2D eigenvalue weighted by Gasteiger charge is -2.15. The van der Waals surface area contributed by atoms with Gasteiger partial charge in [0.2, 0.25) is 0 Å². The second kappa shape index (κ2) is 7.75. The van der Waals surface area contributed by atoms with E-state index in [1.807, 2.05) is 0 Å². The number of esters is 1. The molecule has 3 rings (SSSR count). The Morgan fingerprint density at radius 2 is 2.12 bits per heavy atom. The molecule has 3 N–H and O–H groups in total. The van der Waals surface area contributed by atoms with Gasteiger partial charge in [-0.15, -0.1) is 0 Å². The van der Waals surface area contributed by atoms with Gasteiger partial charge in [0.25, 0.3) is 0 Å². The summed E-state index contributed by atoms with van der Waals surface area (Å²) in [7, 11) is 0. The van der Waals surface area contributed by atoms with Crippen LogP contribution in [0.1, 0.15) is 17.3 Å². The molecule has 5 nitrogen and oxygen atoms in total. The van der Waals surface area contributed by atoms with Crippen LogP contribution in [-0.4, -0.2) is 17.6 Å². The third-order valence-electron chi connectivity index (χ3n) is 3.70. The van der Waals surface area contributed by atoms with Gasteiger partial charge >= 0.3 is 5.97 Å². The van der Waals surface area contributed by atoms with Crippen LogP contribution in [0.25, 0.3) is 10.9 Å². The fourth-order valence-corrected chi connectivity index (χ4v) is 3.59.